The zero-order chi connectivity index (χ0) is 14.8. The molecule has 4 nitrogen and oxygen atoms in total. The Hall–Kier alpha value is -0.920. The van der Waals surface area contributed by atoms with Crippen LogP contribution in [0.3, 0.4) is 0 Å². The van der Waals surface area contributed by atoms with Gasteiger partial charge < -0.3 is 4.90 Å². The van der Waals surface area contributed by atoms with Gasteiger partial charge in [0.25, 0.3) is 0 Å². The highest BCUT2D eigenvalue weighted by Gasteiger charge is 2.22. The van der Waals surface area contributed by atoms with E-state index in [1.54, 1.807) is 24.3 Å². The Balaban J connectivity index is 1.98. The maximum Gasteiger partial charge on any atom is 0.140 e. The van der Waals surface area contributed by atoms with Crippen molar-refractivity contribution >= 4 is 44.6 Å². The van der Waals surface area contributed by atoms with Crippen molar-refractivity contribution < 1.29 is 4.39 Å². The van der Waals surface area contributed by atoms with E-state index in [0.717, 1.165) is 42.7 Å². The first-order chi connectivity index (χ1) is 10.2. The smallest absolute Gasteiger partial charge is 0.140 e. The molecule has 0 bridgehead atoms. The Kier molecular flexibility index (Phi) is 4.61. The van der Waals surface area contributed by atoms with E-state index in [1.807, 2.05) is 6.26 Å². The van der Waals surface area contributed by atoms with Crippen LogP contribution in [0.1, 0.15) is 12.8 Å². The molecule has 1 N–H and O–H groups in total. The molecule has 0 spiro atoms. The predicted molar refractivity (Wildman–Crippen MR) is 89.1 cm³/mol. The quantitative estimate of drug-likeness (QED) is 0.838. The molecule has 1 atom stereocenters. The largest absolute Gasteiger partial charge is 0.354 e. The van der Waals surface area contributed by atoms with E-state index in [4.69, 9.17) is 0 Å². The Morgan fingerprint density at radius 3 is 3.10 bits per heavy atom. The zero-order valence-corrected chi connectivity index (χ0v) is 14.0. The molecule has 21 heavy (non-hydrogen) atoms. The molecule has 7 heteroatoms. The fourth-order valence-electron chi connectivity index (χ4n) is 2.72. The first-order valence-electron chi connectivity index (χ1n) is 6.82. The van der Waals surface area contributed by atoms with Gasteiger partial charge in [-0.2, -0.15) is 0 Å². The second kappa shape index (κ2) is 6.46. The molecule has 2 aromatic rings. The summed E-state index contributed by atoms with van der Waals surface area (Å²) >= 11 is 4.84. The number of piperidine rings is 1. The van der Waals surface area contributed by atoms with Crippen molar-refractivity contribution in [3.63, 3.8) is 0 Å². The summed E-state index contributed by atoms with van der Waals surface area (Å²) in [6, 6.07) is 3.65. The van der Waals surface area contributed by atoms with Gasteiger partial charge in [-0.3, -0.25) is 4.72 Å². The number of hydrogen-bond acceptors (Lipinski definition) is 5. The van der Waals surface area contributed by atoms with Crippen LogP contribution >= 0.6 is 27.9 Å². The minimum absolute atomic E-state index is 0.283. The highest BCUT2D eigenvalue weighted by Crippen LogP contribution is 2.29. The van der Waals surface area contributed by atoms with E-state index in [1.165, 1.54) is 6.07 Å². The normalized spacial score (nSPS) is 19.2. The maximum absolute atomic E-state index is 13.9. The third-order valence-corrected chi connectivity index (χ3v) is 4.84. The SMILES string of the molecule is CSNC1CCCN(c2ncnc3cc(Br)c(F)cc23)C1. The maximum atomic E-state index is 13.9. The van der Waals surface area contributed by atoms with Gasteiger partial charge >= 0.3 is 0 Å². The molecule has 1 fully saturated rings. The number of halogens is 2. The molecule has 0 amide bonds. The molecule has 1 aromatic heterocycles. The summed E-state index contributed by atoms with van der Waals surface area (Å²) in [6.45, 7) is 1.82. The van der Waals surface area contributed by atoms with Crippen LogP contribution in [0.5, 0.6) is 0 Å². The van der Waals surface area contributed by atoms with Gasteiger partial charge in [0.05, 0.1) is 9.99 Å². The van der Waals surface area contributed by atoms with Crippen molar-refractivity contribution in [1.82, 2.24) is 14.7 Å². The van der Waals surface area contributed by atoms with E-state index in [9.17, 15) is 4.39 Å². The molecule has 0 aliphatic carbocycles. The lowest BCUT2D eigenvalue weighted by molar-refractivity contribution is 0.483. The van der Waals surface area contributed by atoms with Gasteiger partial charge in [-0.1, -0.05) is 11.9 Å². The highest BCUT2D eigenvalue weighted by atomic mass is 79.9. The summed E-state index contributed by atoms with van der Waals surface area (Å²) in [5.41, 5.74) is 0.758. The predicted octanol–water partition coefficient (Wildman–Crippen LogP) is 3.37. The number of fused-ring (bicyclic) bond motifs is 1. The number of anilines is 1. The zero-order valence-electron chi connectivity index (χ0n) is 11.6. The third kappa shape index (κ3) is 3.14. The van der Waals surface area contributed by atoms with Crippen LogP contribution in [-0.2, 0) is 0 Å². The Morgan fingerprint density at radius 1 is 1.43 bits per heavy atom. The number of nitrogens with one attached hydrogen (secondary N) is 1. The van der Waals surface area contributed by atoms with E-state index < -0.39 is 0 Å². The molecular formula is C14H16BrFN4S. The summed E-state index contributed by atoms with van der Waals surface area (Å²) in [5, 5.41) is 0.767. The molecule has 1 aromatic carbocycles. The standard InChI is InChI=1S/C14H16BrFN4S/c1-21-19-9-3-2-4-20(7-9)14-10-5-12(16)11(15)6-13(10)17-8-18-14/h5-6,8-9,19H,2-4,7H2,1H3. The van der Waals surface area contributed by atoms with Gasteiger partial charge in [-0.05, 0) is 47.2 Å². The van der Waals surface area contributed by atoms with Crippen molar-refractivity contribution in [3.8, 4) is 0 Å². The average Bonchev–Trinajstić information content (AvgIpc) is 2.48. The summed E-state index contributed by atoms with van der Waals surface area (Å²) in [6.07, 6.45) is 5.84. The fourth-order valence-corrected chi connectivity index (χ4v) is 3.58. The molecule has 3 rings (SSSR count). The van der Waals surface area contributed by atoms with Gasteiger partial charge in [0.1, 0.15) is 18.0 Å². The topological polar surface area (TPSA) is 41.0 Å². The van der Waals surface area contributed by atoms with Crippen LogP contribution in [0.25, 0.3) is 10.9 Å². The lowest BCUT2D eigenvalue weighted by atomic mass is 10.1. The van der Waals surface area contributed by atoms with Crippen LogP contribution in [0.2, 0.25) is 0 Å². The molecule has 1 saturated heterocycles. The first-order valence-corrected chi connectivity index (χ1v) is 8.84. The van der Waals surface area contributed by atoms with Crippen LogP contribution in [-0.4, -0.2) is 35.4 Å². The summed E-state index contributed by atoms with van der Waals surface area (Å²) in [7, 11) is 0. The molecule has 1 unspecified atom stereocenters. The monoisotopic (exact) mass is 370 g/mol. The van der Waals surface area contributed by atoms with E-state index >= 15 is 0 Å². The second-order valence-corrected chi connectivity index (χ2v) is 6.59. The van der Waals surface area contributed by atoms with Crippen LogP contribution < -0.4 is 9.62 Å². The summed E-state index contributed by atoms with van der Waals surface area (Å²) in [4.78, 5) is 10.9. The number of rotatable bonds is 3. The van der Waals surface area contributed by atoms with Crippen LogP contribution in [0, 0.1) is 5.82 Å². The minimum atomic E-state index is -0.283. The number of benzene rings is 1. The lowest BCUT2D eigenvalue weighted by Gasteiger charge is -2.34. The van der Waals surface area contributed by atoms with Gasteiger partial charge in [-0.25, -0.2) is 14.4 Å². The van der Waals surface area contributed by atoms with Crippen LogP contribution in [0.15, 0.2) is 22.9 Å². The van der Waals surface area contributed by atoms with E-state index in [2.05, 4.69) is 35.5 Å². The number of aromatic nitrogens is 2. The van der Waals surface area contributed by atoms with Gasteiger partial charge in [0.15, 0.2) is 0 Å². The number of nitrogens with zero attached hydrogens (tertiary/aromatic N) is 3. The van der Waals surface area contributed by atoms with E-state index in [0.29, 0.717) is 10.5 Å². The van der Waals surface area contributed by atoms with Crippen molar-refractivity contribution in [1.29, 1.82) is 0 Å². The molecule has 112 valence electrons. The fraction of sp³-hybridized carbons (Fsp3) is 0.429. The second-order valence-electron chi connectivity index (χ2n) is 5.09. The highest BCUT2D eigenvalue weighted by molar-refractivity contribution is 9.10. The third-order valence-electron chi connectivity index (χ3n) is 3.66. The molecule has 1 aliphatic heterocycles. The van der Waals surface area contributed by atoms with Crippen LogP contribution in [0.4, 0.5) is 10.2 Å². The van der Waals surface area contributed by atoms with Crippen molar-refractivity contribution in [3.05, 3.63) is 28.7 Å². The lowest BCUT2D eigenvalue weighted by Crippen LogP contribution is -2.44. The van der Waals surface area contributed by atoms with E-state index in [-0.39, 0.29) is 5.82 Å². The summed E-state index contributed by atoms with van der Waals surface area (Å²) in [5.74, 6) is 0.536. The Bertz CT molecular complexity index is 652. The van der Waals surface area contributed by atoms with Gasteiger partial charge in [0.2, 0.25) is 0 Å². The minimum Gasteiger partial charge on any atom is -0.354 e. The average molecular weight is 371 g/mol. The molecular weight excluding hydrogens is 355 g/mol. The first kappa shape index (κ1) is 15.0. The molecule has 0 saturated carbocycles. The number of hydrogen-bond donors (Lipinski definition) is 1. The van der Waals surface area contributed by atoms with Crippen molar-refractivity contribution in [2.45, 2.75) is 18.9 Å². The Morgan fingerprint density at radius 2 is 2.29 bits per heavy atom. The Labute approximate surface area is 135 Å². The molecule has 0 radical (unpaired) electrons. The molecule has 1 aliphatic rings. The van der Waals surface area contributed by atoms with Crippen molar-refractivity contribution in [2.24, 2.45) is 0 Å². The van der Waals surface area contributed by atoms with Crippen molar-refractivity contribution in [2.75, 3.05) is 24.2 Å². The summed E-state index contributed by atoms with van der Waals surface area (Å²) < 4.78 is 17.7. The van der Waals surface area contributed by atoms with Gasteiger partial charge in [0, 0.05) is 24.5 Å². The molecule has 2 heterocycles. The van der Waals surface area contributed by atoms with Gasteiger partial charge in [-0.15, -0.1) is 0 Å².